The topological polar surface area (TPSA) is 149 Å². The summed E-state index contributed by atoms with van der Waals surface area (Å²) in [5.74, 6) is 0.285. The zero-order valence-electron chi connectivity index (χ0n) is 27.8. The molecule has 44 heavy (non-hydrogen) atoms. The van der Waals surface area contributed by atoms with Gasteiger partial charge in [-0.15, -0.1) is 0 Å². The molecule has 0 aromatic heterocycles. The quantitative estimate of drug-likeness (QED) is 0.260. The van der Waals surface area contributed by atoms with Crippen LogP contribution in [0.5, 0.6) is 0 Å². The van der Waals surface area contributed by atoms with E-state index in [-0.39, 0.29) is 52.3 Å². The second-order valence-electron chi connectivity index (χ2n) is 18.3. The number of aliphatic hydroxyl groups is 6. The molecule has 2 aliphatic heterocycles. The summed E-state index contributed by atoms with van der Waals surface area (Å²) in [4.78, 5) is 0. The molecule has 0 amide bonds. The standard InChI is InChI=1S/C35H58O9/c1-29(2)22(43-28-25(40)24(39)20(38)16-42-28)9-11-35-17-34(35)13-12-31(5)27(33(7)10-8-23(44-33)30(3,4)41)19(37)15-32(31,6)21(34)14-18(36)26(29)35/h18-28,36-41H,8-17H2,1-7H3/t18-,19-,20+,21-,22-,23-,24-,25+,26-,27-,28-,31+,32-,33+,34-,35+/m0/s1. The van der Waals surface area contributed by atoms with Gasteiger partial charge in [0.2, 0.25) is 0 Å². The van der Waals surface area contributed by atoms with Gasteiger partial charge in [-0.1, -0.05) is 27.7 Å². The third kappa shape index (κ3) is 3.97. The maximum Gasteiger partial charge on any atom is 0.186 e. The van der Waals surface area contributed by atoms with Crippen molar-refractivity contribution in [1.29, 1.82) is 0 Å². The molecule has 5 saturated carbocycles. The molecule has 2 spiro atoms. The highest BCUT2D eigenvalue weighted by atomic mass is 16.7. The van der Waals surface area contributed by atoms with Gasteiger partial charge in [-0.25, -0.2) is 0 Å². The summed E-state index contributed by atoms with van der Waals surface area (Å²) in [6, 6.07) is 0. The monoisotopic (exact) mass is 622 g/mol. The van der Waals surface area contributed by atoms with Crippen molar-refractivity contribution in [2.24, 2.45) is 44.8 Å². The Morgan fingerprint density at radius 1 is 0.750 bits per heavy atom. The fraction of sp³-hybridized carbons (Fsp3) is 1.00. The van der Waals surface area contributed by atoms with Crippen LogP contribution in [0.3, 0.4) is 0 Å². The van der Waals surface area contributed by atoms with Crippen LogP contribution in [0.2, 0.25) is 0 Å². The van der Waals surface area contributed by atoms with Gasteiger partial charge in [0.05, 0.1) is 42.2 Å². The summed E-state index contributed by atoms with van der Waals surface area (Å²) in [5, 5.41) is 65.5. The zero-order valence-corrected chi connectivity index (χ0v) is 27.8. The fourth-order valence-electron chi connectivity index (χ4n) is 13.4. The third-order valence-corrected chi connectivity index (χ3v) is 15.5. The van der Waals surface area contributed by atoms with E-state index >= 15 is 0 Å². The lowest BCUT2D eigenvalue weighted by Crippen LogP contribution is -2.63. The first-order valence-corrected chi connectivity index (χ1v) is 17.4. The van der Waals surface area contributed by atoms with Crippen LogP contribution in [0.1, 0.15) is 106 Å². The first-order valence-electron chi connectivity index (χ1n) is 17.4. The number of hydrogen-bond donors (Lipinski definition) is 6. The predicted octanol–water partition coefficient (Wildman–Crippen LogP) is 2.90. The summed E-state index contributed by atoms with van der Waals surface area (Å²) in [6.07, 6.45) is 1.57. The van der Waals surface area contributed by atoms with Gasteiger partial charge >= 0.3 is 0 Å². The number of rotatable bonds is 4. The van der Waals surface area contributed by atoms with E-state index in [9.17, 15) is 30.6 Å². The van der Waals surface area contributed by atoms with Gasteiger partial charge in [0.15, 0.2) is 6.29 Å². The molecule has 7 rings (SSSR count). The Labute approximate surface area is 262 Å². The second-order valence-corrected chi connectivity index (χ2v) is 18.3. The van der Waals surface area contributed by atoms with Gasteiger partial charge in [0.25, 0.3) is 0 Å². The molecule has 0 bridgehead atoms. The van der Waals surface area contributed by atoms with E-state index in [4.69, 9.17) is 14.2 Å². The van der Waals surface area contributed by atoms with Gasteiger partial charge in [-0.05, 0) is 117 Å². The van der Waals surface area contributed by atoms with Crippen LogP contribution in [0.15, 0.2) is 0 Å². The highest BCUT2D eigenvalue weighted by molar-refractivity contribution is 5.33. The summed E-state index contributed by atoms with van der Waals surface area (Å²) in [6.45, 7) is 14.8. The number of ether oxygens (including phenoxy) is 3. The summed E-state index contributed by atoms with van der Waals surface area (Å²) in [7, 11) is 0. The fourth-order valence-corrected chi connectivity index (χ4v) is 13.4. The van der Waals surface area contributed by atoms with Crippen LogP contribution >= 0.6 is 0 Å². The largest absolute Gasteiger partial charge is 0.393 e. The average molecular weight is 623 g/mol. The molecule has 9 nitrogen and oxygen atoms in total. The van der Waals surface area contributed by atoms with Crippen molar-refractivity contribution in [3.05, 3.63) is 0 Å². The predicted molar refractivity (Wildman–Crippen MR) is 161 cm³/mol. The van der Waals surface area contributed by atoms with Gasteiger partial charge in [-0.3, -0.25) is 0 Å². The van der Waals surface area contributed by atoms with E-state index in [0.717, 1.165) is 44.9 Å². The minimum atomic E-state index is -1.33. The molecule has 2 saturated heterocycles. The molecule has 0 aromatic rings. The first kappa shape index (κ1) is 32.2. The van der Waals surface area contributed by atoms with Crippen LogP contribution < -0.4 is 0 Å². The Morgan fingerprint density at radius 3 is 2.11 bits per heavy atom. The van der Waals surface area contributed by atoms with Crippen molar-refractivity contribution in [1.82, 2.24) is 0 Å². The average Bonchev–Trinajstić information content (AvgIpc) is 3.27. The molecule has 0 aromatic carbocycles. The van der Waals surface area contributed by atoms with Crippen LogP contribution in [-0.2, 0) is 14.2 Å². The van der Waals surface area contributed by atoms with Crippen molar-refractivity contribution >= 4 is 0 Å². The third-order valence-electron chi connectivity index (χ3n) is 15.5. The minimum absolute atomic E-state index is 0.00753. The Kier molecular flexibility index (Phi) is 7.04. The molecule has 0 unspecified atom stereocenters. The van der Waals surface area contributed by atoms with E-state index < -0.39 is 53.4 Å². The molecule has 5 aliphatic carbocycles. The van der Waals surface area contributed by atoms with Crippen LogP contribution in [-0.4, -0.2) is 97.5 Å². The highest BCUT2D eigenvalue weighted by Crippen LogP contribution is 2.89. The van der Waals surface area contributed by atoms with E-state index in [0.29, 0.717) is 18.8 Å². The lowest BCUT2D eigenvalue weighted by Gasteiger charge is -2.64. The Balaban J connectivity index is 1.15. The number of fused-ring (bicyclic) bond motifs is 2. The van der Waals surface area contributed by atoms with Crippen LogP contribution in [0, 0.1) is 44.8 Å². The summed E-state index contributed by atoms with van der Waals surface area (Å²) < 4.78 is 18.7. The Morgan fingerprint density at radius 2 is 1.45 bits per heavy atom. The summed E-state index contributed by atoms with van der Waals surface area (Å²) >= 11 is 0. The SMILES string of the molecule is CC(C)(O)[C@@H]1CC[C@](C)([C@H]2[C@@H](O)C[C@@]3(C)[C@@H]4C[C@H](O)[C@H]5C(C)(C)[C@@H](O[C@@H]6OC[C@@H](O)[C@H](O)[C@H]6O)CC[C@@]56C[C@@]46CC[C@]23C)O1. The second kappa shape index (κ2) is 9.63. The molecule has 16 atom stereocenters. The van der Waals surface area contributed by atoms with E-state index in [1.54, 1.807) is 0 Å². The van der Waals surface area contributed by atoms with Crippen molar-refractivity contribution in [2.75, 3.05) is 6.61 Å². The van der Waals surface area contributed by atoms with Crippen LogP contribution in [0.4, 0.5) is 0 Å². The van der Waals surface area contributed by atoms with Gasteiger partial charge in [-0.2, -0.15) is 0 Å². The van der Waals surface area contributed by atoms with Crippen molar-refractivity contribution in [3.8, 4) is 0 Å². The lowest BCUT2D eigenvalue weighted by atomic mass is 9.41. The molecule has 6 N–H and O–H groups in total. The van der Waals surface area contributed by atoms with Gasteiger partial charge in [0, 0.05) is 5.92 Å². The van der Waals surface area contributed by atoms with E-state index in [2.05, 4.69) is 34.6 Å². The number of hydrogen-bond acceptors (Lipinski definition) is 9. The molecule has 9 heteroatoms. The van der Waals surface area contributed by atoms with Gasteiger partial charge < -0.3 is 44.8 Å². The minimum Gasteiger partial charge on any atom is -0.393 e. The molecule has 252 valence electrons. The highest BCUT2D eigenvalue weighted by Gasteiger charge is 2.85. The molecular formula is C35H58O9. The Bertz CT molecular complexity index is 1160. The lowest BCUT2D eigenvalue weighted by molar-refractivity contribution is -0.306. The summed E-state index contributed by atoms with van der Waals surface area (Å²) in [5.41, 5.74) is -2.01. The smallest absolute Gasteiger partial charge is 0.186 e. The first-order chi connectivity index (χ1) is 20.3. The van der Waals surface area contributed by atoms with E-state index in [1.165, 1.54) is 0 Å². The van der Waals surface area contributed by atoms with Crippen molar-refractivity contribution in [3.63, 3.8) is 0 Å². The van der Waals surface area contributed by atoms with E-state index in [1.807, 2.05) is 13.8 Å². The normalized spacial score (nSPS) is 59.8. The molecule has 2 heterocycles. The van der Waals surface area contributed by atoms with Gasteiger partial charge in [0.1, 0.15) is 18.3 Å². The molecule has 7 fully saturated rings. The zero-order chi connectivity index (χ0) is 32.0. The Hall–Kier alpha value is -0.360. The maximum atomic E-state index is 12.1. The number of aliphatic hydroxyl groups excluding tert-OH is 5. The van der Waals surface area contributed by atoms with Crippen molar-refractivity contribution < 1.29 is 44.8 Å². The maximum absolute atomic E-state index is 12.1. The van der Waals surface area contributed by atoms with Crippen LogP contribution in [0.25, 0.3) is 0 Å². The van der Waals surface area contributed by atoms with Crippen molar-refractivity contribution in [2.45, 2.75) is 166 Å². The molecular weight excluding hydrogens is 564 g/mol. The molecule has 0 radical (unpaired) electrons. The molecule has 7 aliphatic rings.